The normalized spacial score (nSPS) is 10.6. The number of benzene rings is 1. The van der Waals surface area contributed by atoms with Crippen molar-refractivity contribution in [2.45, 2.75) is 78.1 Å². The minimum absolute atomic E-state index is 0.00748. The van der Waals surface area contributed by atoms with Crippen LogP contribution in [0, 0.1) is 6.92 Å². The van der Waals surface area contributed by atoms with E-state index in [9.17, 15) is 14.7 Å². The number of hydrogen-bond acceptors (Lipinski definition) is 3. The average Bonchev–Trinajstić information content (AvgIpc) is 2.59. The number of esters is 1. The van der Waals surface area contributed by atoms with E-state index in [1.165, 1.54) is 57.1 Å². The molecule has 0 aliphatic rings. The van der Waals surface area contributed by atoms with Crippen LogP contribution < -0.4 is 0 Å². The molecule has 0 aliphatic heterocycles. The maximum absolute atomic E-state index is 12.1. The second-order valence-corrected chi connectivity index (χ2v) is 6.67. The molecule has 0 radical (unpaired) electrons. The van der Waals surface area contributed by atoms with E-state index in [-0.39, 0.29) is 11.1 Å². The van der Waals surface area contributed by atoms with Gasteiger partial charge in [0.1, 0.15) is 0 Å². The molecule has 4 heteroatoms. The monoisotopic (exact) mass is 348 g/mol. The fourth-order valence-corrected chi connectivity index (χ4v) is 2.85. The van der Waals surface area contributed by atoms with Crippen LogP contribution in [0.4, 0.5) is 0 Å². The first-order valence-electron chi connectivity index (χ1n) is 9.57. The zero-order valence-corrected chi connectivity index (χ0v) is 15.7. The van der Waals surface area contributed by atoms with Crippen molar-refractivity contribution in [1.82, 2.24) is 0 Å². The molecule has 0 aromatic heterocycles. The van der Waals surface area contributed by atoms with Crippen LogP contribution in [0.1, 0.15) is 97.4 Å². The van der Waals surface area contributed by atoms with Gasteiger partial charge in [0.2, 0.25) is 0 Å². The standard InChI is InChI=1S/C21H32O4/c1-3-4-5-6-7-8-9-10-11-12-15-25-21(24)18-14-13-17(2)16-19(18)20(22)23/h13-14,16H,3-12,15H2,1-2H3,(H,22,23). The van der Waals surface area contributed by atoms with Crippen LogP contribution >= 0.6 is 0 Å². The van der Waals surface area contributed by atoms with Gasteiger partial charge in [-0.2, -0.15) is 0 Å². The number of hydrogen-bond donors (Lipinski definition) is 1. The molecular weight excluding hydrogens is 316 g/mol. The number of carbonyl (C=O) groups excluding carboxylic acids is 1. The third kappa shape index (κ3) is 8.71. The van der Waals surface area contributed by atoms with Gasteiger partial charge < -0.3 is 9.84 Å². The first-order chi connectivity index (χ1) is 12.1. The number of unbranched alkanes of at least 4 members (excludes halogenated alkanes) is 9. The van der Waals surface area contributed by atoms with Gasteiger partial charge in [-0.15, -0.1) is 0 Å². The Bertz CT molecular complexity index is 537. The van der Waals surface area contributed by atoms with Crippen molar-refractivity contribution in [2.75, 3.05) is 6.61 Å². The topological polar surface area (TPSA) is 63.6 Å². The second-order valence-electron chi connectivity index (χ2n) is 6.67. The highest BCUT2D eigenvalue weighted by Crippen LogP contribution is 2.14. The Labute approximate surface area is 151 Å². The van der Waals surface area contributed by atoms with Crippen LogP contribution in [-0.2, 0) is 4.74 Å². The molecule has 0 spiro atoms. The summed E-state index contributed by atoms with van der Waals surface area (Å²) in [7, 11) is 0. The maximum Gasteiger partial charge on any atom is 0.339 e. The van der Waals surface area contributed by atoms with Gasteiger partial charge in [0.25, 0.3) is 0 Å². The quantitative estimate of drug-likeness (QED) is 0.363. The first-order valence-corrected chi connectivity index (χ1v) is 9.57. The Hall–Kier alpha value is -1.84. The van der Waals surface area contributed by atoms with Gasteiger partial charge in [0.05, 0.1) is 17.7 Å². The molecule has 0 saturated carbocycles. The lowest BCUT2D eigenvalue weighted by molar-refractivity contribution is 0.0487. The molecule has 0 amide bonds. The molecule has 0 unspecified atom stereocenters. The zero-order valence-electron chi connectivity index (χ0n) is 15.7. The molecule has 0 bridgehead atoms. The SMILES string of the molecule is CCCCCCCCCCCCOC(=O)c1ccc(C)cc1C(=O)O. The van der Waals surface area contributed by atoms with Gasteiger partial charge in [0.15, 0.2) is 0 Å². The smallest absolute Gasteiger partial charge is 0.339 e. The molecule has 0 heterocycles. The van der Waals surface area contributed by atoms with Crippen molar-refractivity contribution in [1.29, 1.82) is 0 Å². The summed E-state index contributed by atoms with van der Waals surface area (Å²) < 4.78 is 5.23. The van der Waals surface area contributed by atoms with Crippen LogP contribution in [0.15, 0.2) is 18.2 Å². The summed E-state index contributed by atoms with van der Waals surface area (Å²) in [6.07, 6.45) is 12.2. The lowest BCUT2D eigenvalue weighted by Crippen LogP contribution is -2.12. The minimum Gasteiger partial charge on any atom is -0.478 e. The lowest BCUT2D eigenvalue weighted by Gasteiger charge is -2.08. The van der Waals surface area contributed by atoms with Gasteiger partial charge in [-0.1, -0.05) is 76.3 Å². The van der Waals surface area contributed by atoms with E-state index in [4.69, 9.17) is 4.74 Å². The number of aromatic carboxylic acids is 1. The number of ether oxygens (including phenoxy) is 1. The van der Waals surface area contributed by atoms with E-state index in [1.807, 2.05) is 0 Å². The summed E-state index contributed by atoms with van der Waals surface area (Å²) >= 11 is 0. The molecule has 0 saturated heterocycles. The van der Waals surface area contributed by atoms with Crippen LogP contribution in [-0.4, -0.2) is 23.7 Å². The average molecular weight is 348 g/mol. The van der Waals surface area contributed by atoms with Gasteiger partial charge in [-0.25, -0.2) is 9.59 Å². The Morgan fingerprint density at radius 3 is 2.00 bits per heavy atom. The molecule has 1 aromatic carbocycles. The summed E-state index contributed by atoms with van der Waals surface area (Å²) in [6.45, 7) is 4.38. The molecule has 4 nitrogen and oxygen atoms in total. The van der Waals surface area contributed by atoms with Gasteiger partial charge >= 0.3 is 11.9 Å². The van der Waals surface area contributed by atoms with Crippen molar-refractivity contribution < 1.29 is 19.4 Å². The third-order valence-electron chi connectivity index (χ3n) is 4.36. The fraction of sp³-hybridized carbons (Fsp3) is 0.619. The molecular formula is C21H32O4. The molecule has 0 aliphatic carbocycles. The fourth-order valence-electron chi connectivity index (χ4n) is 2.85. The maximum atomic E-state index is 12.1. The third-order valence-corrected chi connectivity index (χ3v) is 4.36. The number of carbonyl (C=O) groups is 2. The largest absolute Gasteiger partial charge is 0.478 e. The van der Waals surface area contributed by atoms with Crippen molar-refractivity contribution in [3.8, 4) is 0 Å². The second kappa shape index (κ2) is 12.5. The molecule has 1 rings (SSSR count). The van der Waals surface area contributed by atoms with Crippen molar-refractivity contribution in [3.05, 3.63) is 34.9 Å². The molecule has 0 atom stereocenters. The van der Waals surface area contributed by atoms with Crippen molar-refractivity contribution >= 4 is 11.9 Å². The molecule has 25 heavy (non-hydrogen) atoms. The minimum atomic E-state index is -1.10. The number of carboxylic acid groups (broad SMARTS) is 1. The summed E-state index contributed by atoms with van der Waals surface area (Å²) in [5.41, 5.74) is 0.946. The molecule has 0 fully saturated rings. The zero-order chi connectivity index (χ0) is 18.5. The Morgan fingerprint density at radius 1 is 0.880 bits per heavy atom. The summed E-state index contributed by atoms with van der Waals surface area (Å²) in [4.78, 5) is 23.3. The Balaban J connectivity index is 2.16. The van der Waals surface area contributed by atoms with E-state index in [0.717, 1.165) is 24.8 Å². The molecule has 1 aromatic rings. The summed E-state index contributed by atoms with van der Waals surface area (Å²) in [5.74, 6) is -1.65. The summed E-state index contributed by atoms with van der Waals surface area (Å²) in [5, 5.41) is 9.19. The van der Waals surface area contributed by atoms with Crippen LogP contribution in [0.3, 0.4) is 0 Å². The predicted molar refractivity (Wildman–Crippen MR) is 100 cm³/mol. The van der Waals surface area contributed by atoms with Crippen LogP contribution in [0.5, 0.6) is 0 Å². The van der Waals surface area contributed by atoms with Crippen LogP contribution in [0.25, 0.3) is 0 Å². The first kappa shape index (κ1) is 21.2. The molecule has 140 valence electrons. The molecule has 1 N–H and O–H groups in total. The van der Waals surface area contributed by atoms with E-state index >= 15 is 0 Å². The Morgan fingerprint density at radius 2 is 1.44 bits per heavy atom. The van der Waals surface area contributed by atoms with Crippen molar-refractivity contribution in [3.63, 3.8) is 0 Å². The van der Waals surface area contributed by atoms with Gasteiger partial charge in [-0.3, -0.25) is 0 Å². The summed E-state index contributed by atoms with van der Waals surface area (Å²) in [6, 6.07) is 4.75. The number of rotatable bonds is 13. The van der Waals surface area contributed by atoms with E-state index in [1.54, 1.807) is 13.0 Å². The highest BCUT2D eigenvalue weighted by molar-refractivity contribution is 6.02. The van der Waals surface area contributed by atoms with Gasteiger partial charge in [0, 0.05) is 0 Å². The Kier molecular flexibility index (Phi) is 10.6. The van der Waals surface area contributed by atoms with Crippen LogP contribution in [0.2, 0.25) is 0 Å². The van der Waals surface area contributed by atoms with E-state index in [2.05, 4.69) is 6.92 Å². The number of aryl methyl sites for hydroxylation is 1. The van der Waals surface area contributed by atoms with Gasteiger partial charge in [-0.05, 0) is 25.5 Å². The van der Waals surface area contributed by atoms with E-state index in [0.29, 0.717) is 6.61 Å². The van der Waals surface area contributed by atoms with E-state index < -0.39 is 11.9 Å². The predicted octanol–water partition coefficient (Wildman–Crippen LogP) is 5.77. The highest BCUT2D eigenvalue weighted by atomic mass is 16.5. The lowest BCUT2D eigenvalue weighted by atomic mass is 10.0. The van der Waals surface area contributed by atoms with Crippen molar-refractivity contribution in [2.24, 2.45) is 0 Å². The highest BCUT2D eigenvalue weighted by Gasteiger charge is 2.17. The number of carboxylic acids is 1.